The highest BCUT2D eigenvalue weighted by Gasteiger charge is 2.24. The normalized spacial score (nSPS) is 19.0. The third-order valence-corrected chi connectivity index (χ3v) is 6.30. The zero-order chi connectivity index (χ0) is 19.6. The number of piperidine rings is 1. The molecule has 0 aliphatic carbocycles. The lowest BCUT2D eigenvalue weighted by atomic mass is 9.91. The van der Waals surface area contributed by atoms with Crippen LogP contribution in [0.2, 0.25) is 10.0 Å². The fraction of sp³-hybridized carbons (Fsp3) is 0.667. The minimum Gasteiger partial charge on any atom is -0.543 e. The van der Waals surface area contributed by atoms with Crippen LogP contribution in [0.15, 0.2) is 18.2 Å². The molecule has 2 atom stereocenters. The molecule has 3 nitrogen and oxygen atoms in total. The van der Waals surface area contributed by atoms with Crippen LogP contribution in [0.25, 0.3) is 0 Å². The van der Waals surface area contributed by atoms with E-state index in [1.54, 1.807) is 0 Å². The van der Waals surface area contributed by atoms with E-state index in [4.69, 9.17) is 31.3 Å². The first kappa shape index (κ1) is 22.6. The van der Waals surface area contributed by atoms with Crippen molar-refractivity contribution in [3.05, 3.63) is 33.8 Å². The summed E-state index contributed by atoms with van der Waals surface area (Å²) in [5, 5.41) is 1.21. The Morgan fingerprint density at radius 3 is 2.74 bits per heavy atom. The van der Waals surface area contributed by atoms with Crippen LogP contribution >= 0.6 is 23.2 Å². The highest BCUT2D eigenvalue weighted by atomic mass is 35.5. The summed E-state index contributed by atoms with van der Waals surface area (Å²) in [6.45, 7) is 4.13. The first-order valence-electron chi connectivity index (χ1n) is 10.1. The number of likely N-dealkylation sites (tertiary alicyclic amines) is 1. The summed E-state index contributed by atoms with van der Waals surface area (Å²) < 4.78 is 4.50. The molecule has 2 unspecified atom stereocenters. The second kappa shape index (κ2) is 12.0. The Bertz CT molecular complexity index is 600. The van der Waals surface area contributed by atoms with E-state index in [0.29, 0.717) is 16.1 Å². The van der Waals surface area contributed by atoms with Gasteiger partial charge in [0.05, 0.1) is 16.0 Å². The molecule has 0 amide bonds. The van der Waals surface area contributed by atoms with Gasteiger partial charge in [-0.1, -0.05) is 61.9 Å². The molecule has 1 aromatic rings. The lowest BCUT2D eigenvalue weighted by Crippen LogP contribution is -2.39. The summed E-state index contributed by atoms with van der Waals surface area (Å²) in [5.41, 5.74) is 1.20. The van der Waals surface area contributed by atoms with E-state index in [1.165, 1.54) is 24.8 Å². The van der Waals surface area contributed by atoms with E-state index in [1.807, 2.05) is 12.1 Å². The van der Waals surface area contributed by atoms with Crippen molar-refractivity contribution >= 4 is 37.2 Å². The average molecular weight is 410 g/mol. The minimum absolute atomic E-state index is 0.0675. The standard InChI is InChI=1S/C21H30BCl2NO2/c1-2-3-7-17(21(26)27-22)8-6-10-18-9-4-5-13-25(18)15-16-11-12-19(23)20(24)14-16/h11-12,14,17-18H,2-10,13,15H2,1H3. The molecule has 1 aromatic carbocycles. The first-order valence-corrected chi connectivity index (χ1v) is 10.9. The lowest BCUT2D eigenvalue weighted by molar-refractivity contribution is -0.139. The molecule has 1 aliphatic rings. The van der Waals surface area contributed by atoms with E-state index in [2.05, 4.69) is 22.5 Å². The van der Waals surface area contributed by atoms with Gasteiger partial charge < -0.3 is 4.65 Å². The van der Waals surface area contributed by atoms with Gasteiger partial charge in [0.1, 0.15) is 0 Å². The Morgan fingerprint density at radius 2 is 2.04 bits per heavy atom. The average Bonchev–Trinajstić information content (AvgIpc) is 2.68. The van der Waals surface area contributed by atoms with Crippen LogP contribution in [0.4, 0.5) is 0 Å². The number of hydrogen-bond acceptors (Lipinski definition) is 3. The topological polar surface area (TPSA) is 29.5 Å². The van der Waals surface area contributed by atoms with Gasteiger partial charge >= 0.3 is 8.05 Å². The molecule has 0 N–H and O–H groups in total. The molecule has 2 rings (SSSR count). The zero-order valence-electron chi connectivity index (χ0n) is 16.3. The van der Waals surface area contributed by atoms with E-state index < -0.39 is 0 Å². The summed E-state index contributed by atoms with van der Waals surface area (Å²) in [6, 6.07) is 6.44. The lowest BCUT2D eigenvalue weighted by Gasteiger charge is -2.36. The molecule has 2 radical (unpaired) electrons. The van der Waals surface area contributed by atoms with Gasteiger partial charge in [0.2, 0.25) is 0 Å². The fourth-order valence-electron chi connectivity index (χ4n) is 3.99. The maximum absolute atomic E-state index is 11.9. The predicted molar refractivity (Wildman–Crippen MR) is 113 cm³/mol. The number of nitrogens with zero attached hydrogens (tertiary/aromatic N) is 1. The van der Waals surface area contributed by atoms with E-state index in [9.17, 15) is 4.79 Å². The van der Waals surface area contributed by atoms with Gasteiger partial charge in [0, 0.05) is 12.6 Å². The SMILES string of the molecule is [B]OC(=O)C(CCCC)CCCC1CCCCN1Cc1ccc(Cl)c(Cl)c1. The van der Waals surface area contributed by atoms with E-state index >= 15 is 0 Å². The van der Waals surface area contributed by atoms with Gasteiger partial charge in [0.25, 0.3) is 5.97 Å². The van der Waals surface area contributed by atoms with Crippen molar-refractivity contribution in [1.29, 1.82) is 0 Å². The molecule has 1 fully saturated rings. The van der Waals surface area contributed by atoms with Crippen molar-refractivity contribution in [3.63, 3.8) is 0 Å². The quantitative estimate of drug-likeness (QED) is 0.447. The number of carbonyl (C=O) groups excluding carboxylic acids is 1. The van der Waals surface area contributed by atoms with Crippen LogP contribution in [0.5, 0.6) is 0 Å². The molecule has 0 bridgehead atoms. The molecular formula is C21H30BCl2NO2. The second-order valence-corrected chi connectivity index (χ2v) is 8.39. The summed E-state index contributed by atoms with van der Waals surface area (Å²) in [5.74, 6) is -0.332. The zero-order valence-corrected chi connectivity index (χ0v) is 17.8. The smallest absolute Gasteiger partial charge is 0.378 e. The maximum Gasteiger partial charge on any atom is 0.378 e. The van der Waals surface area contributed by atoms with Crippen molar-refractivity contribution in [2.24, 2.45) is 5.92 Å². The van der Waals surface area contributed by atoms with Gasteiger partial charge in [-0.25, -0.2) is 0 Å². The molecule has 27 heavy (non-hydrogen) atoms. The first-order chi connectivity index (χ1) is 13.0. The summed E-state index contributed by atoms with van der Waals surface area (Å²) in [6.07, 6.45) is 9.66. The number of hydrogen-bond donors (Lipinski definition) is 0. The molecule has 6 heteroatoms. The molecule has 1 aliphatic heterocycles. The Balaban J connectivity index is 1.88. The van der Waals surface area contributed by atoms with Crippen LogP contribution in [-0.2, 0) is 16.0 Å². The number of rotatable bonds is 10. The van der Waals surface area contributed by atoms with Crippen molar-refractivity contribution in [2.45, 2.75) is 77.3 Å². The summed E-state index contributed by atoms with van der Waals surface area (Å²) in [4.78, 5) is 14.4. The van der Waals surface area contributed by atoms with E-state index in [0.717, 1.165) is 51.6 Å². The molecule has 148 valence electrons. The predicted octanol–water partition coefficient (Wildman–Crippen LogP) is 5.95. The Labute approximate surface area is 175 Å². The number of halogens is 2. The third-order valence-electron chi connectivity index (χ3n) is 5.56. The molecule has 0 spiro atoms. The number of benzene rings is 1. The van der Waals surface area contributed by atoms with Gasteiger partial charge in [-0.3, -0.25) is 9.69 Å². The third kappa shape index (κ3) is 7.32. The number of unbranched alkanes of at least 4 members (excludes halogenated alkanes) is 1. The van der Waals surface area contributed by atoms with Gasteiger partial charge in [-0.15, -0.1) is 0 Å². The van der Waals surface area contributed by atoms with Gasteiger partial charge in [0.15, 0.2) is 0 Å². The van der Waals surface area contributed by atoms with Gasteiger partial charge in [-0.2, -0.15) is 0 Å². The van der Waals surface area contributed by atoms with Crippen LogP contribution in [0.3, 0.4) is 0 Å². The van der Waals surface area contributed by atoms with Crippen LogP contribution in [0.1, 0.15) is 70.3 Å². The van der Waals surface area contributed by atoms with Gasteiger partial charge in [-0.05, 0) is 56.3 Å². The molecule has 1 saturated heterocycles. The van der Waals surface area contributed by atoms with Crippen molar-refractivity contribution in [2.75, 3.05) is 6.54 Å². The number of carbonyl (C=O) groups is 1. The molecule has 0 saturated carbocycles. The molecule has 1 heterocycles. The van der Waals surface area contributed by atoms with Crippen LogP contribution in [-0.4, -0.2) is 31.5 Å². The largest absolute Gasteiger partial charge is 0.543 e. The Morgan fingerprint density at radius 1 is 1.26 bits per heavy atom. The van der Waals surface area contributed by atoms with E-state index in [-0.39, 0.29) is 11.9 Å². The molecular weight excluding hydrogens is 380 g/mol. The minimum atomic E-state index is -0.264. The summed E-state index contributed by atoms with van der Waals surface area (Å²) >= 11 is 12.2. The fourth-order valence-corrected chi connectivity index (χ4v) is 4.31. The summed E-state index contributed by atoms with van der Waals surface area (Å²) in [7, 11) is 5.11. The second-order valence-electron chi connectivity index (χ2n) is 7.58. The highest BCUT2D eigenvalue weighted by Crippen LogP contribution is 2.28. The molecule has 0 aromatic heterocycles. The Hall–Kier alpha value is -0.705. The van der Waals surface area contributed by atoms with Crippen molar-refractivity contribution in [3.8, 4) is 0 Å². The van der Waals surface area contributed by atoms with Crippen molar-refractivity contribution < 1.29 is 9.45 Å². The maximum atomic E-state index is 11.9. The van der Waals surface area contributed by atoms with Crippen LogP contribution < -0.4 is 0 Å². The highest BCUT2D eigenvalue weighted by molar-refractivity contribution is 6.42. The van der Waals surface area contributed by atoms with Crippen LogP contribution in [0, 0.1) is 5.92 Å². The Kier molecular flexibility index (Phi) is 10.0. The monoisotopic (exact) mass is 409 g/mol. The van der Waals surface area contributed by atoms with Crippen molar-refractivity contribution in [1.82, 2.24) is 4.90 Å².